The van der Waals surface area contributed by atoms with Crippen molar-refractivity contribution >= 4 is 17.5 Å². The molecule has 1 saturated carbocycles. The lowest BCUT2D eigenvalue weighted by molar-refractivity contribution is -1.00. The number of halogens is 1. The van der Waals surface area contributed by atoms with Crippen LogP contribution >= 0.6 is 0 Å². The van der Waals surface area contributed by atoms with Crippen molar-refractivity contribution in [1.29, 1.82) is 0 Å². The molecule has 1 aromatic carbocycles. The Morgan fingerprint density at radius 1 is 0.889 bits per heavy atom. The number of hydrogen-bond donors (Lipinski definition) is 4. The minimum Gasteiger partial charge on any atom is -0.348 e. The van der Waals surface area contributed by atoms with E-state index in [1.54, 1.807) is 12.1 Å². The number of piperazine rings is 1. The van der Waals surface area contributed by atoms with Gasteiger partial charge in [0.15, 0.2) is 13.1 Å². The molecule has 2 amide bonds. The van der Waals surface area contributed by atoms with Crippen LogP contribution in [0.4, 0.5) is 10.1 Å². The minimum absolute atomic E-state index is 0.0601. The predicted molar refractivity (Wildman–Crippen MR) is 101 cm³/mol. The van der Waals surface area contributed by atoms with Crippen molar-refractivity contribution in [1.82, 2.24) is 5.32 Å². The van der Waals surface area contributed by atoms with Crippen molar-refractivity contribution in [2.45, 2.75) is 38.1 Å². The van der Waals surface area contributed by atoms with E-state index in [9.17, 15) is 14.0 Å². The van der Waals surface area contributed by atoms with E-state index >= 15 is 0 Å². The summed E-state index contributed by atoms with van der Waals surface area (Å²) in [6.07, 6.45) is 5.96. The fourth-order valence-corrected chi connectivity index (χ4v) is 4.03. The van der Waals surface area contributed by atoms with E-state index < -0.39 is 0 Å². The molecule has 2 aliphatic rings. The van der Waals surface area contributed by atoms with Gasteiger partial charge in [0, 0.05) is 11.7 Å². The fraction of sp³-hybridized carbons (Fsp3) is 0.600. The highest BCUT2D eigenvalue weighted by atomic mass is 19.1. The van der Waals surface area contributed by atoms with Crippen LogP contribution in [0, 0.1) is 5.82 Å². The highest BCUT2D eigenvalue weighted by molar-refractivity contribution is 5.91. The summed E-state index contributed by atoms with van der Waals surface area (Å²) in [6, 6.07) is 6.17. The number of quaternary nitrogens is 2. The molecule has 1 saturated heterocycles. The van der Waals surface area contributed by atoms with Crippen LogP contribution in [0.1, 0.15) is 32.1 Å². The highest BCUT2D eigenvalue weighted by Gasteiger charge is 2.27. The van der Waals surface area contributed by atoms with Crippen molar-refractivity contribution in [3.63, 3.8) is 0 Å². The summed E-state index contributed by atoms with van der Waals surface area (Å²) >= 11 is 0. The number of carbonyl (C=O) groups is 2. The molecule has 148 valence electrons. The molecular weight excluding hydrogens is 347 g/mol. The maximum Gasteiger partial charge on any atom is 0.279 e. The molecule has 1 aromatic rings. The average Bonchev–Trinajstić information content (AvgIpc) is 2.66. The number of benzene rings is 1. The Morgan fingerprint density at radius 2 is 1.44 bits per heavy atom. The van der Waals surface area contributed by atoms with E-state index in [0.717, 1.165) is 39.0 Å². The van der Waals surface area contributed by atoms with Crippen molar-refractivity contribution in [3.8, 4) is 0 Å². The van der Waals surface area contributed by atoms with Crippen molar-refractivity contribution in [3.05, 3.63) is 30.1 Å². The summed E-state index contributed by atoms with van der Waals surface area (Å²) in [5, 5.41) is 5.99. The zero-order valence-electron chi connectivity index (χ0n) is 15.9. The van der Waals surface area contributed by atoms with Gasteiger partial charge in [0.1, 0.15) is 32.0 Å². The molecule has 0 aromatic heterocycles. The summed E-state index contributed by atoms with van der Waals surface area (Å²) in [6.45, 7) is 4.49. The number of nitrogens with one attached hydrogen (secondary N) is 4. The lowest BCUT2D eigenvalue weighted by Crippen LogP contribution is -3.28. The number of amides is 2. The molecule has 0 unspecified atom stereocenters. The topological polar surface area (TPSA) is 67.1 Å². The van der Waals surface area contributed by atoms with Gasteiger partial charge in [-0.25, -0.2) is 4.39 Å². The maximum atomic E-state index is 12.9. The largest absolute Gasteiger partial charge is 0.348 e. The Morgan fingerprint density at radius 3 is 2.04 bits per heavy atom. The smallest absolute Gasteiger partial charge is 0.279 e. The summed E-state index contributed by atoms with van der Waals surface area (Å²) in [7, 11) is 0. The van der Waals surface area contributed by atoms with Crippen LogP contribution < -0.4 is 20.4 Å². The van der Waals surface area contributed by atoms with Gasteiger partial charge in [-0.05, 0) is 37.1 Å². The number of hydrogen-bond acceptors (Lipinski definition) is 2. The van der Waals surface area contributed by atoms with Crippen LogP contribution in [0.3, 0.4) is 0 Å². The van der Waals surface area contributed by atoms with Gasteiger partial charge >= 0.3 is 0 Å². The lowest BCUT2D eigenvalue weighted by Gasteiger charge is -2.29. The third kappa shape index (κ3) is 6.59. The Hall–Kier alpha value is -1.99. The summed E-state index contributed by atoms with van der Waals surface area (Å²) < 4.78 is 12.9. The molecule has 1 heterocycles. The number of carbonyl (C=O) groups excluding carboxylic acids is 2. The Bertz CT molecular complexity index is 623. The SMILES string of the molecule is O=C(C[NH+]1CC[NH+](CC(=O)NC2CCCCC2)CC1)Nc1ccc(F)cc1. The molecule has 7 heteroatoms. The molecule has 2 fully saturated rings. The zero-order chi connectivity index (χ0) is 19.1. The van der Waals surface area contributed by atoms with E-state index in [1.807, 2.05) is 0 Å². The van der Waals surface area contributed by atoms with Crippen molar-refractivity contribution < 1.29 is 23.8 Å². The number of anilines is 1. The van der Waals surface area contributed by atoms with Crippen LogP contribution in [0.5, 0.6) is 0 Å². The van der Waals surface area contributed by atoms with Gasteiger partial charge in [-0.1, -0.05) is 19.3 Å². The quantitative estimate of drug-likeness (QED) is 0.513. The second-order valence-corrected chi connectivity index (χ2v) is 7.81. The fourth-order valence-electron chi connectivity index (χ4n) is 4.03. The second kappa shape index (κ2) is 9.80. The first-order chi connectivity index (χ1) is 13.1. The van der Waals surface area contributed by atoms with E-state index in [0.29, 0.717) is 24.8 Å². The van der Waals surface area contributed by atoms with Gasteiger partial charge in [-0.3, -0.25) is 9.59 Å². The summed E-state index contributed by atoms with van der Waals surface area (Å²) in [5.41, 5.74) is 0.615. The summed E-state index contributed by atoms with van der Waals surface area (Å²) in [4.78, 5) is 26.9. The van der Waals surface area contributed by atoms with Gasteiger partial charge in [0.2, 0.25) is 0 Å². The molecule has 6 nitrogen and oxygen atoms in total. The van der Waals surface area contributed by atoms with Crippen LogP contribution in [-0.2, 0) is 9.59 Å². The standard InChI is InChI=1S/C20H29FN4O2/c21-16-6-8-18(9-7-16)23-20(27)15-25-12-10-24(11-13-25)14-19(26)22-17-4-2-1-3-5-17/h6-9,17H,1-5,10-15H2,(H,22,26)(H,23,27)/p+2. The van der Waals surface area contributed by atoms with Gasteiger partial charge in [0.05, 0.1) is 0 Å². The lowest BCUT2D eigenvalue weighted by atomic mass is 9.95. The Kier molecular flexibility index (Phi) is 7.18. The van der Waals surface area contributed by atoms with E-state index in [2.05, 4.69) is 10.6 Å². The summed E-state index contributed by atoms with van der Waals surface area (Å²) in [5.74, 6) is -0.213. The van der Waals surface area contributed by atoms with Gasteiger partial charge < -0.3 is 20.4 Å². The molecule has 0 atom stereocenters. The second-order valence-electron chi connectivity index (χ2n) is 7.81. The predicted octanol–water partition coefficient (Wildman–Crippen LogP) is -1.00. The van der Waals surface area contributed by atoms with Crippen LogP contribution in [0.15, 0.2) is 24.3 Å². The molecular formula is C20H31FN4O2+2. The molecule has 0 spiro atoms. The van der Waals surface area contributed by atoms with Gasteiger partial charge in [-0.15, -0.1) is 0 Å². The van der Waals surface area contributed by atoms with Crippen molar-refractivity contribution in [2.75, 3.05) is 44.6 Å². The molecule has 0 radical (unpaired) electrons. The van der Waals surface area contributed by atoms with Gasteiger partial charge in [-0.2, -0.15) is 0 Å². The zero-order valence-corrected chi connectivity index (χ0v) is 15.9. The molecule has 1 aliphatic heterocycles. The highest BCUT2D eigenvalue weighted by Crippen LogP contribution is 2.17. The molecule has 3 rings (SSSR count). The Balaban J connectivity index is 1.34. The maximum absolute atomic E-state index is 12.9. The van der Waals surface area contributed by atoms with Crippen LogP contribution in [0.25, 0.3) is 0 Å². The average molecular weight is 378 g/mol. The monoisotopic (exact) mass is 378 g/mol. The van der Waals surface area contributed by atoms with E-state index in [-0.39, 0.29) is 17.6 Å². The van der Waals surface area contributed by atoms with Gasteiger partial charge in [0.25, 0.3) is 11.8 Å². The van der Waals surface area contributed by atoms with Crippen LogP contribution in [-0.4, -0.2) is 57.1 Å². The first-order valence-electron chi connectivity index (χ1n) is 10.1. The first kappa shape index (κ1) is 19.8. The Labute approximate surface area is 160 Å². The molecule has 1 aliphatic carbocycles. The minimum atomic E-state index is -0.315. The third-order valence-corrected chi connectivity index (χ3v) is 5.58. The molecule has 4 N–H and O–H groups in total. The first-order valence-corrected chi connectivity index (χ1v) is 10.1. The molecule has 27 heavy (non-hydrogen) atoms. The van der Waals surface area contributed by atoms with E-state index in [4.69, 9.17) is 0 Å². The van der Waals surface area contributed by atoms with Crippen LogP contribution in [0.2, 0.25) is 0 Å². The molecule has 0 bridgehead atoms. The van der Waals surface area contributed by atoms with Crippen molar-refractivity contribution in [2.24, 2.45) is 0 Å². The normalized spacial score (nSPS) is 23.6. The third-order valence-electron chi connectivity index (χ3n) is 5.58. The number of rotatable bonds is 6. The van der Waals surface area contributed by atoms with E-state index in [1.165, 1.54) is 41.2 Å².